The van der Waals surface area contributed by atoms with Gasteiger partial charge in [-0.3, -0.25) is 23.9 Å². The van der Waals surface area contributed by atoms with Crippen LogP contribution in [-0.2, 0) is 6.54 Å². The predicted octanol–water partition coefficient (Wildman–Crippen LogP) is 2.53. The molecule has 2 amide bonds. The highest BCUT2D eigenvalue weighted by atomic mass is 32.1. The molecule has 0 unspecified atom stereocenters. The average Bonchev–Trinajstić information content (AvgIpc) is 3.20. The largest absolute Gasteiger partial charge is 0.299 e. The summed E-state index contributed by atoms with van der Waals surface area (Å²) in [5.74, 6) is -0.474. The monoisotopic (exact) mass is 353 g/mol. The minimum absolute atomic E-state index is 0.0491. The normalized spacial score (nSPS) is 13.7. The fourth-order valence-corrected chi connectivity index (χ4v) is 3.77. The van der Waals surface area contributed by atoms with Crippen molar-refractivity contribution in [2.24, 2.45) is 0 Å². The van der Waals surface area contributed by atoms with E-state index < -0.39 is 0 Å². The van der Waals surface area contributed by atoms with Gasteiger partial charge in [-0.1, -0.05) is 12.1 Å². The van der Waals surface area contributed by atoms with Crippen molar-refractivity contribution in [3.63, 3.8) is 0 Å². The number of hydrogen-bond donors (Lipinski definition) is 0. The summed E-state index contributed by atoms with van der Waals surface area (Å²) < 4.78 is 1.58. The average molecular weight is 353 g/mol. The van der Waals surface area contributed by atoms with Crippen molar-refractivity contribution in [1.29, 1.82) is 0 Å². The van der Waals surface area contributed by atoms with Crippen LogP contribution in [0.3, 0.4) is 0 Å². The number of aromatic nitrogens is 2. The lowest BCUT2D eigenvalue weighted by molar-refractivity contribution is 0.0651. The van der Waals surface area contributed by atoms with Gasteiger partial charge in [-0.2, -0.15) is 0 Å². The van der Waals surface area contributed by atoms with Gasteiger partial charge < -0.3 is 0 Å². The Morgan fingerprint density at radius 3 is 2.32 bits per heavy atom. The number of rotatable bonds is 5. The van der Waals surface area contributed by atoms with Gasteiger partial charge in [-0.05, 0) is 36.4 Å². The molecule has 0 saturated carbocycles. The van der Waals surface area contributed by atoms with E-state index in [4.69, 9.17) is 0 Å². The molecular formula is C18H15N3O3S. The van der Waals surface area contributed by atoms with Crippen molar-refractivity contribution < 1.29 is 9.59 Å². The van der Waals surface area contributed by atoms with Gasteiger partial charge in [0.2, 0.25) is 0 Å². The van der Waals surface area contributed by atoms with Crippen LogP contribution in [0, 0.1) is 0 Å². The summed E-state index contributed by atoms with van der Waals surface area (Å²) in [4.78, 5) is 43.2. The van der Waals surface area contributed by atoms with Crippen molar-refractivity contribution in [2.75, 3.05) is 6.54 Å². The molecule has 0 fully saturated rings. The smallest absolute Gasteiger partial charge is 0.262 e. The molecule has 25 heavy (non-hydrogen) atoms. The van der Waals surface area contributed by atoms with Gasteiger partial charge in [0.25, 0.3) is 17.4 Å². The molecule has 3 heterocycles. The number of fused-ring (bicyclic) bond motifs is 2. The number of hydrogen-bond acceptors (Lipinski definition) is 5. The Bertz CT molecular complexity index is 1000. The number of carbonyl (C=O) groups excluding carboxylic acids is 2. The molecule has 126 valence electrons. The van der Waals surface area contributed by atoms with E-state index in [1.54, 1.807) is 41.2 Å². The van der Waals surface area contributed by atoms with Crippen LogP contribution >= 0.6 is 11.3 Å². The van der Waals surface area contributed by atoms with Crippen LogP contribution in [0.4, 0.5) is 0 Å². The highest BCUT2D eigenvalue weighted by Crippen LogP contribution is 2.22. The Hall–Kier alpha value is -2.80. The lowest BCUT2D eigenvalue weighted by atomic mass is 10.1. The van der Waals surface area contributed by atoms with E-state index in [0.717, 1.165) is 4.83 Å². The molecule has 1 aliphatic rings. The van der Waals surface area contributed by atoms with Crippen molar-refractivity contribution >= 4 is 33.4 Å². The predicted molar refractivity (Wildman–Crippen MR) is 94.9 cm³/mol. The Morgan fingerprint density at radius 1 is 0.920 bits per heavy atom. The SMILES string of the molecule is O=C1c2ccccc2C(=O)N1CCCCn1cnc2sccc2c1=O. The van der Waals surface area contributed by atoms with Crippen LogP contribution in [0.25, 0.3) is 10.2 Å². The zero-order chi connectivity index (χ0) is 17.4. The number of amides is 2. The van der Waals surface area contributed by atoms with E-state index >= 15 is 0 Å². The number of thiophene rings is 1. The van der Waals surface area contributed by atoms with Crippen LogP contribution < -0.4 is 5.56 Å². The maximum absolute atomic E-state index is 12.3. The molecule has 0 radical (unpaired) electrons. The molecular weight excluding hydrogens is 338 g/mol. The first-order valence-corrected chi connectivity index (χ1v) is 8.92. The van der Waals surface area contributed by atoms with Crippen LogP contribution in [-0.4, -0.2) is 32.8 Å². The number of carbonyl (C=O) groups is 2. The maximum Gasteiger partial charge on any atom is 0.262 e. The van der Waals surface area contributed by atoms with Crippen molar-refractivity contribution in [1.82, 2.24) is 14.5 Å². The molecule has 3 aromatic rings. The second-order valence-corrected chi connectivity index (χ2v) is 6.79. The summed E-state index contributed by atoms with van der Waals surface area (Å²) in [6, 6.07) is 8.65. The summed E-state index contributed by atoms with van der Waals surface area (Å²) in [6.07, 6.45) is 2.88. The minimum atomic E-state index is -0.237. The molecule has 0 bridgehead atoms. The number of benzene rings is 1. The molecule has 1 aromatic carbocycles. The van der Waals surface area contributed by atoms with Crippen LogP contribution in [0.1, 0.15) is 33.6 Å². The standard InChI is InChI=1S/C18H15N3O3S/c22-16-14-7-10-25-15(14)19-11-20(16)8-3-4-9-21-17(23)12-5-1-2-6-13(12)18(21)24/h1-2,5-7,10-11H,3-4,8-9H2. The first-order chi connectivity index (χ1) is 12.2. The van der Waals surface area contributed by atoms with Gasteiger partial charge in [-0.15, -0.1) is 11.3 Å². The van der Waals surface area contributed by atoms with E-state index in [9.17, 15) is 14.4 Å². The molecule has 0 spiro atoms. The molecule has 7 heteroatoms. The van der Waals surface area contributed by atoms with Crippen LogP contribution in [0.2, 0.25) is 0 Å². The first-order valence-electron chi connectivity index (χ1n) is 8.04. The van der Waals surface area contributed by atoms with Crippen LogP contribution in [0.15, 0.2) is 46.8 Å². The molecule has 0 aliphatic carbocycles. The van der Waals surface area contributed by atoms with Crippen molar-refractivity contribution in [2.45, 2.75) is 19.4 Å². The summed E-state index contributed by atoms with van der Waals surface area (Å²) in [7, 11) is 0. The fraction of sp³-hybridized carbons (Fsp3) is 0.222. The Kier molecular flexibility index (Phi) is 3.93. The molecule has 0 N–H and O–H groups in total. The number of nitrogens with zero attached hydrogens (tertiary/aromatic N) is 3. The minimum Gasteiger partial charge on any atom is -0.299 e. The topological polar surface area (TPSA) is 72.3 Å². The van der Waals surface area contributed by atoms with Crippen molar-refractivity contribution in [3.05, 3.63) is 63.5 Å². The second-order valence-electron chi connectivity index (χ2n) is 5.90. The zero-order valence-electron chi connectivity index (χ0n) is 13.3. The fourth-order valence-electron chi connectivity index (χ4n) is 3.05. The Morgan fingerprint density at radius 2 is 1.60 bits per heavy atom. The highest BCUT2D eigenvalue weighted by Gasteiger charge is 2.34. The summed E-state index contributed by atoms with van der Waals surface area (Å²) in [5.41, 5.74) is 0.888. The van der Waals surface area contributed by atoms with Gasteiger partial charge in [0.05, 0.1) is 22.8 Å². The van der Waals surface area contributed by atoms with Gasteiger partial charge in [-0.25, -0.2) is 4.98 Å². The quantitative estimate of drug-likeness (QED) is 0.522. The molecule has 1 aliphatic heterocycles. The lowest BCUT2D eigenvalue weighted by Gasteiger charge is -2.13. The van der Waals surface area contributed by atoms with E-state index in [1.807, 2.05) is 5.38 Å². The highest BCUT2D eigenvalue weighted by molar-refractivity contribution is 7.16. The van der Waals surface area contributed by atoms with Gasteiger partial charge in [0.1, 0.15) is 4.83 Å². The van der Waals surface area contributed by atoms with E-state index in [1.165, 1.54) is 16.2 Å². The van der Waals surface area contributed by atoms with E-state index in [-0.39, 0.29) is 17.4 Å². The van der Waals surface area contributed by atoms with Gasteiger partial charge in [0.15, 0.2) is 0 Å². The van der Waals surface area contributed by atoms with Gasteiger partial charge in [0, 0.05) is 13.1 Å². The molecule has 0 saturated heterocycles. The maximum atomic E-state index is 12.3. The van der Waals surface area contributed by atoms with Crippen molar-refractivity contribution in [3.8, 4) is 0 Å². The third kappa shape index (κ3) is 2.66. The summed E-state index contributed by atoms with van der Waals surface area (Å²) in [5, 5.41) is 2.49. The summed E-state index contributed by atoms with van der Waals surface area (Å²) in [6.45, 7) is 0.871. The van der Waals surface area contributed by atoms with E-state index in [0.29, 0.717) is 42.4 Å². The third-order valence-corrected chi connectivity index (χ3v) is 5.18. The molecule has 6 nitrogen and oxygen atoms in total. The molecule has 4 rings (SSSR count). The van der Waals surface area contributed by atoms with Gasteiger partial charge >= 0.3 is 0 Å². The van der Waals surface area contributed by atoms with Crippen LogP contribution in [0.5, 0.6) is 0 Å². The second kappa shape index (κ2) is 6.25. The zero-order valence-corrected chi connectivity index (χ0v) is 14.2. The molecule has 0 atom stereocenters. The van der Waals surface area contributed by atoms with E-state index in [2.05, 4.69) is 4.98 Å². The third-order valence-electron chi connectivity index (χ3n) is 4.36. The molecule has 2 aromatic heterocycles. The number of unbranched alkanes of at least 4 members (excludes halogenated alkanes) is 1. The summed E-state index contributed by atoms with van der Waals surface area (Å²) >= 11 is 1.44. The Balaban J connectivity index is 1.38. The first kappa shape index (κ1) is 15.7. The lowest BCUT2D eigenvalue weighted by Crippen LogP contribution is -2.31. The Labute approximate surface area is 147 Å². The number of aryl methyl sites for hydroxylation is 1. The number of imide groups is 1.